The highest BCUT2D eigenvalue weighted by Gasteiger charge is 2.39. The number of hydrogen-bond donors (Lipinski definition) is 0. The number of aryl methyl sites for hydroxylation is 1. The Bertz CT molecular complexity index is 1370. The monoisotopic (exact) mass is 496 g/mol. The Kier molecular flexibility index (Phi) is 7.56. The first-order valence-electron chi connectivity index (χ1n) is 11.3. The number of nitrogens with zero attached hydrogens (tertiary/aromatic N) is 2. The van der Waals surface area contributed by atoms with Crippen molar-refractivity contribution in [2.45, 2.75) is 45.3 Å². The third kappa shape index (κ3) is 5.50. The summed E-state index contributed by atoms with van der Waals surface area (Å²) in [6.07, 6.45) is -1.62. The molecule has 3 atom stereocenters. The summed E-state index contributed by atoms with van der Waals surface area (Å²) in [7, 11) is 0. The van der Waals surface area contributed by atoms with Gasteiger partial charge in [-0.2, -0.15) is 8.96 Å². The van der Waals surface area contributed by atoms with Crippen LogP contribution in [0.25, 0.3) is 0 Å². The first-order valence-corrected chi connectivity index (χ1v) is 11.3. The summed E-state index contributed by atoms with van der Waals surface area (Å²) in [5, 5.41) is 0. The van der Waals surface area contributed by atoms with Crippen molar-refractivity contribution in [1.29, 1.82) is 0 Å². The van der Waals surface area contributed by atoms with Crippen molar-refractivity contribution < 1.29 is 28.2 Å². The molecule has 0 amide bonds. The van der Waals surface area contributed by atoms with Gasteiger partial charge in [-0.15, -0.1) is 0 Å². The summed E-state index contributed by atoms with van der Waals surface area (Å²) in [4.78, 5) is 49.9. The molecule has 1 saturated heterocycles. The molecule has 1 unspecified atom stereocenters. The van der Waals surface area contributed by atoms with Gasteiger partial charge in [-0.1, -0.05) is 48.0 Å². The number of carbonyl (C=O) groups excluding carboxylic acids is 2. The van der Waals surface area contributed by atoms with Crippen LogP contribution in [0.1, 0.15) is 41.1 Å². The van der Waals surface area contributed by atoms with E-state index in [9.17, 15) is 23.6 Å². The molecule has 10 heteroatoms. The van der Waals surface area contributed by atoms with E-state index >= 15 is 0 Å². The van der Waals surface area contributed by atoms with Crippen molar-refractivity contribution in [1.82, 2.24) is 9.13 Å². The van der Waals surface area contributed by atoms with Gasteiger partial charge in [-0.05, 0) is 24.6 Å². The number of carbonyl (C=O) groups is 2. The maximum absolute atomic E-state index is 14.6. The highest BCUT2D eigenvalue weighted by molar-refractivity contribution is 5.95. The van der Waals surface area contributed by atoms with Crippen LogP contribution in [-0.2, 0) is 25.6 Å². The highest BCUT2D eigenvalue weighted by atomic mass is 19.1. The van der Waals surface area contributed by atoms with E-state index in [2.05, 4.69) is 0 Å². The molecule has 188 valence electrons. The highest BCUT2D eigenvalue weighted by Crippen LogP contribution is 2.31. The van der Waals surface area contributed by atoms with Gasteiger partial charge in [0.2, 0.25) is 5.82 Å². The first-order chi connectivity index (χ1) is 17.2. The van der Waals surface area contributed by atoms with Crippen LogP contribution in [0.2, 0.25) is 0 Å². The number of hydrogen-bond acceptors (Lipinski definition) is 7. The minimum atomic E-state index is -1.35. The minimum Gasteiger partial charge on any atom is -0.463 e. The molecule has 1 aliphatic heterocycles. The number of esters is 1. The fourth-order valence-corrected chi connectivity index (χ4v) is 3.93. The van der Waals surface area contributed by atoms with Crippen molar-refractivity contribution in [2.24, 2.45) is 0 Å². The molecule has 1 fully saturated rings. The zero-order chi connectivity index (χ0) is 25.8. The second-order valence-electron chi connectivity index (χ2n) is 8.48. The van der Waals surface area contributed by atoms with E-state index in [1.165, 1.54) is 19.1 Å². The van der Waals surface area contributed by atoms with Gasteiger partial charge >= 0.3 is 11.7 Å². The van der Waals surface area contributed by atoms with E-state index in [-0.39, 0.29) is 29.8 Å². The minimum absolute atomic E-state index is 0.0566. The number of benzene rings is 2. The van der Waals surface area contributed by atoms with Crippen molar-refractivity contribution in [3.8, 4) is 0 Å². The van der Waals surface area contributed by atoms with E-state index in [1.54, 1.807) is 12.1 Å². The second kappa shape index (κ2) is 10.8. The molecule has 0 radical (unpaired) electrons. The topological polar surface area (TPSA) is 106 Å². The molecule has 0 bridgehead atoms. The Labute approximate surface area is 205 Å². The maximum Gasteiger partial charge on any atom is 0.340 e. The van der Waals surface area contributed by atoms with Gasteiger partial charge in [0.1, 0.15) is 18.9 Å². The Hall–Kier alpha value is -3.89. The van der Waals surface area contributed by atoms with Crippen LogP contribution in [0.4, 0.5) is 4.39 Å². The SMILES string of the molecule is CC(=O)OC[C@@H]1O[C@H](n2cc(F)c(=O)n(C(=O)c3ccc(C)cc3)c2=O)CC1OCc1ccccc1. The predicted octanol–water partition coefficient (Wildman–Crippen LogP) is 2.58. The Balaban J connectivity index is 1.63. The summed E-state index contributed by atoms with van der Waals surface area (Å²) in [6.45, 7) is 3.14. The van der Waals surface area contributed by atoms with Gasteiger partial charge < -0.3 is 14.2 Å². The second-order valence-corrected chi connectivity index (χ2v) is 8.48. The lowest BCUT2D eigenvalue weighted by Crippen LogP contribution is -2.46. The predicted molar refractivity (Wildman–Crippen MR) is 126 cm³/mol. The Morgan fingerprint density at radius 2 is 1.78 bits per heavy atom. The average Bonchev–Trinajstić information content (AvgIpc) is 3.27. The number of ether oxygens (including phenoxy) is 3. The smallest absolute Gasteiger partial charge is 0.340 e. The average molecular weight is 496 g/mol. The zero-order valence-corrected chi connectivity index (χ0v) is 19.8. The standard InChI is InChI=1S/C26H25FN2O7/c1-16-8-10-19(11-9-16)24(31)29-25(32)20(27)13-28(26(29)33)23-12-21(22(36-23)15-34-17(2)30)35-14-18-6-4-3-5-7-18/h3-11,13,21-23H,12,14-15H2,1-2H3/t21?,22-,23-/m0/s1. The molecule has 0 aliphatic carbocycles. The molecular formula is C26H25FN2O7. The molecule has 0 spiro atoms. The molecule has 2 heterocycles. The van der Waals surface area contributed by atoms with Crippen LogP contribution in [0, 0.1) is 12.7 Å². The van der Waals surface area contributed by atoms with Crippen LogP contribution in [-0.4, -0.2) is 39.8 Å². The molecule has 1 aliphatic rings. The van der Waals surface area contributed by atoms with Gasteiger partial charge in [-0.25, -0.2) is 4.79 Å². The lowest BCUT2D eigenvalue weighted by molar-refractivity contribution is -0.148. The van der Waals surface area contributed by atoms with E-state index < -0.39 is 47.4 Å². The summed E-state index contributed by atoms with van der Waals surface area (Å²) >= 11 is 0. The van der Waals surface area contributed by atoms with E-state index in [1.807, 2.05) is 37.3 Å². The van der Waals surface area contributed by atoms with Crippen molar-refractivity contribution in [2.75, 3.05) is 6.61 Å². The summed E-state index contributed by atoms with van der Waals surface area (Å²) < 4.78 is 32.7. The van der Waals surface area contributed by atoms with Gasteiger partial charge in [0.25, 0.3) is 11.5 Å². The van der Waals surface area contributed by atoms with Crippen LogP contribution in [0.15, 0.2) is 70.4 Å². The van der Waals surface area contributed by atoms with Crippen LogP contribution in [0.3, 0.4) is 0 Å². The van der Waals surface area contributed by atoms with Gasteiger partial charge in [-0.3, -0.25) is 19.0 Å². The van der Waals surface area contributed by atoms with Crippen LogP contribution < -0.4 is 11.2 Å². The molecule has 4 rings (SSSR count). The molecule has 9 nitrogen and oxygen atoms in total. The molecular weight excluding hydrogens is 471 g/mol. The van der Waals surface area contributed by atoms with E-state index in [4.69, 9.17) is 14.2 Å². The lowest BCUT2D eigenvalue weighted by Gasteiger charge is -2.18. The van der Waals surface area contributed by atoms with Crippen molar-refractivity contribution in [3.63, 3.8) is 0 Å². The van der Waals surface area contributed by atoms with Crippen LogP contribution in [0.5, 0.6) is 0 Å². The Morgan fingerprint density at radius 3 is 2.44 bits per heavy atom. The third-order valence-corrected chi connectivity index (χ3v) is 5.82. The zero-order valence-electron chi connectivity index (χ0n) is 19.8. The number of rotatable bonds is 7. The third-order valence-electron chi connectivity index (χ3n) is 5.82. The fourth-order valence-electron chi connectivity index (χ4n) is 3.93. The first kappa shape index (κ1) is 25.2. The summed E-state index contributed by atoms with van der Waals surface area (Å²) in [6, 6.07) is 15.5. The maximum atomic E-state index is 14.6. The number of aromatic nitrogens is 2. The Morgan fingerprint density at radius 1 is 1.08 bits per heavy atom. The molecule has 0 saturated carbocycles. The van der Waals surface area contributed by atoms with Crippen molar-refractivity contribution in [3.05, 3.63) is 104 Å². The number of halogens is 1. The normalized spacial score (nSPS) is 19.2. The molecule has 36 heavy (non-hydrogen) atoms. The molecule has 0 N–H and O–H groups in total. The summed E-state index contributed by atoms with van der Waals surface area (Å²) in [5.41, 5.74) is -0.580. The fraction of sp³-hybridized carbons (Fsp3) is 0.308. The quantitative estimate of drug-likeness (QED) is 0.463. The van der Waals surface area contributed by atoms with Gasteiger partial charge in [0.15, 0.2) is 0 Å². The molecule has 3 aromatic rings. The van der Waals surface area contributed by atoms with Gasteiger partial charge in [0.05, 0.1) is 18.9 Å². The largest absolute Gasteiger partial charge is 0.463 e. The lowest BCUT2D eigenvalue weighted by atomic mass is 10.1. The van der Waals surface area contributed by atoms with E-state index in [0.717, 1.165) is 21.9 Å². The van der Waals surface area contributed by atoms with E-state index in [0.29, 0.717) is 0 Å². The molecule has 2 aromatic carbocycles. The molecule has 1 aromatic heterocycles. The van der Waals surface area contributed by atoms with Crippen molar-refractivity contribution >= 4 is 11.9 Å². The summed E-state index contributed by atoms with van der Waals surface area (Å²) in [5.74, 6) is -2.77. The van der Waals surface area contributed by atoms with Crippen LogP contribution >= 0.6 is 0 Å². The van der Waals surface area contributed by atoms with Gasteiger partial charge in [0, 0.05) is 18.9 Å².